The van der Waals surface area contributed by atoms with Gasteiger partial charge in [-0.3, -0.25) is 9.59 Å². The number of fused-ring (bicyclic) bond motifs is 13. The van der Waals surface area contributed by atoms with E-state index in [4.69, 9.17) is 9.47 Å². The van der Waals surface area contributed by atoms with E-state index in [1.165, 1.54) is 6.07 Å². The van der Waals surface area contributed by atoms with E-state index in [9.17, 15) is 14.7 Å². The molecule has 2 N–H and O–H groups in total. The summed E-state index contributed by atoms with van der Waals surface area (Å²) >= 11 is 0. The summed E-state index contributed by atoms with van der Waals surface area (Å²) in [6.45, 7) is 2.50. The number of rotatable bonds is 3. The van der Waals surface area contributed by atoms with Crippen LogP contribution in [0.5, 0.6) is 5.75 Å². The van der Waals surface area contributed by atoms with Gasteiger partial charge in [0.25, 0.3) is 11.8 Å². The summed E-state index contributed by atoms with van der Waals surface area (Å²) in [5, 5.41) is 17.2. The van der Waals surface area contributed by atoms with Crippen LogP contribution < -0.4 is 5.32 Å². The number of para-hydroxylation sites is 2. The third-order valence-corrected chi connectivity index (χ3v) is 10.1. The van der Waals surface area contributed by atoms with Gasteiger partial charge in [-0.1, -0.05) is 42.5 Å². The Morgan fingerprint density at radius 2 is 1.75 bits per heavy atom. The minimum Gasteiger partial charge on any atom is -0.508 e. The van der Waals surface area contributed by atoms with Crippen molar-refractivity contribution in [2.24, 2.45) is 0 Å². The Morgan fingerprint density at radius 3 is 2.50 bits per heavy atom. The summed E-state index contributed by atoms with van der Waals surface area (Å²) in [7, 11) is 3.46. The van der Waals surface area contributed by atoms with E-state index in [0.717, 1.165) is 54.7 Å². The zero-order valence-corrected chi connectivity index (χ0v) is 24.5. The largest absolute Gasteiger partial charge is 0.508 e. The lowest BCUT2D eigenvalue weighted by atomic mass is 9.91. The Hall–Kier alpha value is -4.86. The highest BCUT2D eigenvalue weighted by molar-refractivity contribution is 6.31. The van der Waals surface area contributed by atoms with Gasteiger partial charge >= 0.3 is 0 Å². The molecule has 9 nitrogen and oxygen atoms in total. The normalized spacial score (nSPS) is 23.9. The quantitative estimate of drug-likeness (QED) is 0.281. The highest BCUT2D eigenvalue weighted by atomic mass is 16.6. The molecule has 9 rings (SSSR count). The fourth-order valence-corrected chi connectivity index (χ4v) is 8.39. The van der Waals surface area contributed by atoms with E-state index in [-0.39, 0.29) is 17.6 Å². The zero-order chi connectivity index (χ0) is 30.1. The molecule has 0 spiro atoms. The van der Waals surface area contributed by atoms with Crippen LogP contribution in [0.1, 0.15) is 45.9 Å². The number of hydrogen-bond donors (Lipinski definition) is 2. The third-order valence-electron chi connectivity index (χ3n) is 10.1. The third kappa shape index (κ3) is 3.00. The first-order chi connectivity index (χ1) is 21.3. The predicted octanol–water partition coefficient (Wildman–Crippen LogP) is 5.61. The number of carbonyl (C=O) groups is 2. The number of aromatic nitrogens is 2. The smallest absolute Gasteiger partial charge is 0.254 e. The van der Waals surface area contributed by atoms with Crippen LogP contribution in [0.4, 0.5) is 0 Å². The zero-order valence-electron chi connectivity index (χ0n) is 24.5. The van der Waals surface area contributed by atoms with Crippen molar-refractivity contribution in [2.45, 2.75) is 44.0 Å². The van der Waals surface area contributed by atoms with Gasteiger partial charge < -0.3 is 33.9 Å². The molecule has 2 aromatic heterocycles. The van der Waals surface area contributed by atoms with Gasteiger partial charge in [0, 0.05) is 54.2 Å². The second kappa shape index (κ2) is 8.62. The van der Waals surface area contributed by atoms with Crippen molar-refractivity contribution in [3.63, 3.8) is 0 Å². The van der Waals surface area contributed by atoms with Gasteiger partial charge in [0.15, 0.2) is 5.72 Å². The molecule has 0 saturated carbocycles. The maximum atomic E-state index is 13.9. The molecule has 44 heavy (non-hydrogen) atoms. The summed E-state index contributed by atoms with van der Waals surface area (Å²) in [6.07, 6.45) is -0.568. The molecule has 3 aliphatic rings. The molecule has 2 amide bonds. The van der Waals surface area contributed by atoms with Crippen LogP contribution in [0.3, 0.4) is 0 Å². The van der Waals surface area contributed by atoms with E-state index in [1.807, 2.05) is 24.3 Å². The van der Waals surface area contributed by atoms with E-state index >= 15 is 0 Å². The molecule has 1 saturated heterocycles. The van der Waals surface area contributed by atoms with E-state index in [1.54, 1.807) is 37.3 Å². The van der Waals surface area contributed by atoms with Crippen LogP contribution in [-0.2, 0) is 21.7 Å². The van der Waals surface area contributed by atoms with Crippen LogP contribution in [0, 0.1) is 0 Å². The molecule has 6 aromatic rings. The van der Waals surface area contributed by atoms with Gasteiger partial charge in [-0.2, -0.15) is 0 Å². The molecule has 4 aromatic carbocycles. The molecule has 5 heterocycles. The van der Waals surface area contributed by atoms with Crippen molar-refractivity contribution in [2.75, 3.05) is 14.2 Å². The van der Waals surface area contributed by atoms with Crippen LogP contribution in [0.2, 0.25) is 0 Å². The molecule has 0 radical (unpaired) electrons. The van der Waals surface area contributed by atoms with Crippen molar-refractivity contribution < 1.29 is 24.2 Å². The van der Waals surface area contributed by atoms with Crippen molar-refractivity contribution in [1.29, 1.82) is 0 Å². The lowest BCUT2D eigenvalue weighted by Crippen LogP contribution is -2.61. The number of ether oxygens (including phenoxy) is 2. The van der Waals surface area contributed by atoms with E-state index in [0.29, 0.717) is 18.5 Å². The number of aromatic hydroxyl groups is 1. The average molecular weight is 587 g/mol. The molecule has 0 aliphatic carbocycles. The topological polar surface area (TPSA) is 98.0 Å². The van der Waals surface area contributed by atoms with Crippen LogP contribution >= 0.6 is 0 Å². The Labute approximate surface area is 252 Å². The highest BCUT2D eigenvalue weighted by Gasteiger charge is 2.55. The maximum absolute atomic E-state index is 13.9. The van der Waals surface area contributed by atoms with Gasteiger partial charge in [-0.05, 0) is 42.8 Å². The summed E-state index contributed by atoms with van der Waals surface area (Å²) in [5.74, 6) is -0.242. The molecule has 0 unspecified atom stereocenters. The minimum atomic E-state index is -1.03. The summed E-state index contributed by atoms with van der Waals surface area (Å²) in [6, 6.07) is 22.5. The van der Waals surface area contributed by atoms with Crippen molar-refractivity contribution in [1.82, 2.24) is 19.4 Å². The number of amides is 2. The van der Waals surface area contributed by atoms with Crippen molar-refractivity contribution in [3.05, 3.63) is 89.5 Å². The molecule has 2 bridgehead atoms. The van der Waals surface area contributed by atoms with E-state index < -0.39 is 24.1 Å². The summed E-state index contributed by atoms with van der Waals surface area (Å²) in [5.41, 5.74) is 4.99. The lowest BCUT2D eigenvalue weighted by Gasteiger charge is -2.50. The fourth-order valence-electron chi connectivity index (χ4n) is 8.39. The number of benzene rings is 4. The molecular weight excluding hydrogens is 556 g/mol. The summed E-state index contributed by atoms with van der Waals surface area (Å²) < 4.78 is 18.0. The number of hydrogen-bond acceptors (Lipinski definition) is 5. The second-order valence-corrected chi connectivity index (χ2v) is 12.3. The Balaban J connectivity index is 1.41. The van der Waals surface area contributed by atoms with Gasteiger partial charge in [-0.25, -0.2) is 0 Å². The molecule has 3 aliphatic heterocycles. The molecule has 9 heteroatoms. The molecule has 4 atom stereocenters. The maximum Gasteiger partial charge on any atom is 0.254 e. The SMILES string of the molecule is CO[C@H]1[C@@H](N(C)C(=O)c2cccc(O)c2)C[C@H]2O[C@]1(C)n1c3ccccc3c3c4c(c5c6ccccc6n2c5c31)C(=O)NC4. The monoisotopic (exact) mass is 586 g/mol. The van der Waals surface area contributed by atoms with Gasteiger partial charge in [0.05, 0.1) is 33.7 Å². The lowest BCUT2D eigenvalue weighted by molar-refractivity contribution is -0.264. The number of phenolic OH excluding ortho intramolecular Hbond substituents is 1. The molecular formula is C35H30N4O5. The van der Waals surface area contributed by atoms with Crippen LogP contribution in [0.15, 0.2) is 72.8 Å². The molecule has 1 fully saturated rings. The van der Waals surface area contributed by atoms with Gasteiger partial charge in [0.1, 0.15) is 18.1 Å². The Kier molecular flexibility index (Phi) is 5.02. The fraction of sp³-hybridized carbons (Fsp3) is 0.257. The Morgan fingerprint density at radius 1 is 1.02 bits per heavy atom. The predicted molar refractivity (Wildman–Crippen MR) is 167 cm³/mol. The minimum absolute atomic E-state index is 0.0371. The number of nitrogens with zero attached hydrogens (tertiary/aromatic N) is 3. The summed E-state index contributed by atoms with van der Waals surface area (Å²) in [4.78, 5) is 29.2. The van der Waals surface area contributed by atoms with Gasteiger partial charge in [-0.15, -0.1) is 0 Å². The number of likely N-dealkylation sites (N-methyl/N-ethyl adjacent to an activating group) is 1. The van der Waals surface area contributed by atoms with Gasteiger partial charge in [0.2, 0.25) is 0 Å². The van der Waals surface area contributed by atoms with Crippen molar-refractivity contribution >= 4 is 55.4 Å². The number of carbonyl (C=O) groups excluding carboxylic acids is 2. The number of methoxy groups -OCH3 is 1. The average Bonchev–Trinajstić information content (AvgIpc) is 3.67. The second-order valence-electron chi connectivity index (χ2n) is 12.3. The molecule has 220 valence electrons. The first kappa shape index (κ1) is 25.6. The standard InChI is InChI=1S/C35H30N4O5/c1-35-32(43-3)25(37(2)34(42)18-9-8-10-19(40)15-18)16-26(44-35)38-23-13-6-4-11-20(23)28-29-22(17-36-33(29)41)27-21-12-5-7-14-24(21)39(35)31(27)30(28)38/h4-15,25-26,32,40H,16-17H2,1-3H3,(H,36,41)/t25-,26+,32-,35-/m0/s1. The van der Waals surface area contributed by atoms with E-state index in [2.05, 4.69) is 45.6 Å². The first-order valence-corrected chi connectivity index (χ1v) is 14.9. The highest BCUT2D eigenvalue weighted by Crippen LogP contribution is 2.54. The Bertz CT molecular complexity index is 2250. The first-order valence-electron chi connectivity index (χ1n) is 14.9. The number of phenols is 1. The number of nitrogens with one attached hydrogen (secondary N) is 1. The van der Waals surface area contributed by atoms with Crippen LogP contribution in [0.25, 0.3) is 43.6 Å². The van der Waals surface area contributed by atoms with Crippen molar-refractivity contribution in [3.8, 4) is 5.75 Å². The van der Waals surface area contributed by atoms with Crippen LogP contribution in [-0.4, -0.2) is 57.3 Å².